The number of rotatable bonds is 3. The van der Waals surface area contributed by atoms with Crippen molar-refractivity contribution < 1.29 is 5.11 Å². The maximum absolute atomic E-state index is 9.98. The molecule has 0 aliphatic heterocycles. The molecule has 0 spiro atoms. The van der Waals surface area contributed by atoms with Crippen LogP contribution in [0.5, 0.6) is 0 Å². The molecule has 1 nitrogen and oxygen atoms in total. The monoisotopic (exact) mass is 208 g/mol. The summed E-state index contributed by atoms with van der Waals surface area (Å²) < 4.78 is 0. The van der Waals surface area contributed by atoms with E-state index in [0.29, 0.717) is 11.8 Å². The molecule has 15 heavy (non-hydrogen) atoms. The highest BCUT2D eigenvalue weighted by Crippen LogP contribution is 2.35. The molecule has 0 aromatic rings. The molecule has 0 heterocycles. The Morgan fingerprint density at radius 3 is 2.33 bits per heavy atom. The Bertz CT molecular complexity index is 259. The zero-order chi connectivity index (χ0) is 11.4. The van der Waals surface area contributed by atoms with Gasteiger partial charge in [-0.1, -0.05) is 30.2 Å². The van der Waals surface area contributed by atoms with Gasteiger partial charge in [0, 0.05) is 5.92 Å². The Hall–Kier alpha value is -0.560. The van der Waals surface area contributed by atoms with E-state index in [2.05, 4.69) is 39.8 Å². The number of allylic oxidation sites excluding steroid dienone is 3. The molecule has 0 saturated heterocycles. The van der Waals surface area contributed by atoms with Crippen molar-refractivity contribution in [1.29, 1.82) is 0 Å². The molecule has 1 heteroatoms. The van der Waals surface area contributed by atoms with Gasteiger partial charge in [-0.25, -0.2) is 0 Å². The molecule has 0 aromatic carbocycles. The molecule has 3 atom stereocenters. The average molecular weight is 208 g/mol. The molecule has 0 amide bonds. The van der Waals surface area contributed by atoms with Crippen LogP contribution in [0.25, 0.3) is 0 Å². The number of hydrogen-bond donors (Lipinski definition) is 1. The second-order valence-electron chi connectivity index (χ2n) is 5.12. The molecule has 0 radical (unpaired) electrons. The van der Waals surface area contributed by atoms with Crippen LogP contribution in [0.15, 0.2) is 23.3 Å². The standard InChI is InChI=1S/C14H24O/c1-10(2)6-5-7-11(3)13-9-8-12(4)14(13)15/h6-7,12-15H,5,8-9H2,1-4H3. The molecule has 1 N–H and O–H groups in total. The lowest BCUT2D eigenvalue weighted by molar-refractivity contribution is 0.111. The van der Waals surface area contributed by atoms with Crippen LogP contribution in [0.4, 0.5) is 0 Å². The highest BCUT2D eigenvalue weighted by atomic mass is 16.3. The van der Waals surface area contributed by atoms with Crippen molar-refractivity contribution in [2.45, 2.75) is 53.1 Å². The van der Waals surface area contributed by atoms with Crippen molar-refractivity contribution in [3.05, 3.63) is 23.3 Å². The van der Waals surface area contributed by atoms with Crippen LogP contribution < -0.4 is 0 Å². The van der Waals surface area contributed by atoms with Gasteiger partial charge in [0.1, 0.15) is 0 Å². The Labute approximate surface area is 93.9 Å². The lowest BCUT2D eigenvalue weighted by Gasteiger charge is -2.17. The number of aliphatic hydroxyl groups excluding tert-OH is 1. The lowest BCUT2D eigenvalue weighted by Crippen LogP contribution is -2.19. The Morgan fingerprint density at radius 2 is 1.87 bits per heavy atom. The van der Waals surface area contributed by atoms with Crippen molar-refractivity contribution in [3.63, 3.8) is 0 Å². The van der Waals surface area contributed by atoms with Gasteiger partial charge in [0.15, 0.2) is 0 Å². The molecule has 1 rings (SSSR count). The van der Waals surface area contributed by atoms with Crippen molar-refractivity contribution in [2.75, 3.05) is 0 Å². The predicted octanol–water partition coefficient (Wildman–Crippen LogP) is 3.70. The first-order valence-electron chi connectivity index (χ1n) is 6.00. The van der Waals surface area contributed by atoms with E-state index in [4.69, 9.17) is 0 Å². The van der Waals surface area contributed by atoms with Crippen LogP contribution in [0.1, 0.15) is 47.0 Å². The Kier molecular flexibility index (Phi) is 4.59. The largest absolute Gasteiger partial charge is 0.392 e. The van der Waals surface area contributed by atoms with Gasteiger partial charge in [0.2, 0.25) is 0 Å². The Balaban J connectivity index is 2.53. The highest BCUT2D eigenvalue weighted by Gasteiger charge is 2.32. The first-order chi connectivity index (χ1) is 7.02. The smallest absolute Gasteiger partial charge is 0.0630 e. The third-order valence-electron chi connectivity index (χ3n) is 3.48. The molecule has 1 aliphatic rings. The maximum Gasteiger partial charge on any atom is 0.0630 e. The summed E-state index contributed by atoms with van der Waals surface area (Å²) in [5.41, 5.74) is 2.73. The van der Waals surface area contributed by atoms with Gasteiger partial charge in [0.05, 0.1) is 6.10 Å². The number of aliphatic hydroxyl groups is 1. The van der Waals surface area contributed by atoms with E-state index < -0.39 is 0 Å². The summed E-state index contributed by atoms with van der Waals surface area (Å²) in [6, 6.07) is 0. The molecule has 86 valence electrons. The SMILES string of the molecule is CC(C)=CCC=C(C)C1CCC(C)C1O. The summed E-state index contributed by atoms with van der Waals surface area (Å²) in [6.07, 6.45) is 7.70. The average Bonchev–Trinajstić information content (AvgIpc) is 2.47. The van der Waals surface area contributed by atoms with Crippen LogP contribution in [0, 0.1) is 11.8 Å². The Morgan fingerprint density at radius 1 is 1.20 bits per heavy atom. The molecule has 1 fully saturated rings. The van der Waals surface area contributed by atoms with Crippen LogP contribution in [-0.4, -0.2) is 11.2 Å². The van der Waals surface area contributed by atoms with E-state index in [9.17, 15) is 5.11 Å². The van der Waals surface area contributed by atoms with Gasteiger partial charge in [-0.05, 0) is 46.0 Å². The molecule has 3 unspecified atom stereocenters. The fourth-order valence-electron chi connectivity index (χ4n) is 2.31. The molecular formula is C14H24O. The van der Waals surface area contributed by atoms with Crippen LogP contribution >= 0.6 is 0 Å². The van der Waals surface area contributed by atoms with Crippen molar-refractivity contribution in [1.82, 2.24) is 0 Å². The quantitative estimate of drug-likeness (QED) is 0.701. The molecule has 1 aliphatic carbocycles. The van der Waals surface area contributed by atoms with Crippen LogP contribution in [-0.2, 0) is 0 Å². The van der Waals surface area contributed by atoms with E-state index in [0.717, 1.165) is 12.8 Å². The van der Waals surface area contributed by atoms with E-state index in [1.807, 2.05) is 0 Å². The molecule has 0 bridgehead atoms. The fraction of sp³-hybridized carbons (Fsp3) is 0.714. The van der Waals surface area contributed by atoms with Gasteiger partial charge in [-0.2, -0.15) is 0 Å². The molecule has 0 aromatic heterocycles. The summed E-state index contributed by atoms with van der Waals surface area (Å²) in [7, 11) is 0. The van der Waals surface area contributed by atoms with Crippen LogP contribution in [0.2, 0.25) is 0 Å². The fourth-order valence-corrected chi connectivity index (χ4v) is 2.31. The summed E-state index contributed by atoms with van der Waals surface area (Å²) in [5.74, 6) is 0.882. The molecule has 1 saturated carbocycles. The van der Waals surface area contributed by atoms with Gasteiger partial charge >= 0.3 is 0 Å². The summed E-state index contributed by atoms with van der Waals surface area (Å²) in [4.78, 5) is 0. The van der Waals surface area contributed by atoms with Gasteiger partial charge in [-0.3, -0.25) is 0 Å². The van der Waals surface area contributed by atoms with Gasteiger partial charge in [0.25, 0.3) is 0 Å². The molecular weight excluding hydrogens is 184 g/mol. The maximum atomic E-state index is 9.98. The third kappa shape index (κ3) is 3.49. The summed E-state index contributed by atoms with van der Waals surface area (Å²) in [5, 5.41) is 9.98. The van der Waals surface area contributed by atoms with E-state index >= 15 is 0 Å². The van der Waals surface area contributed by atoms with Crippen LogP contribution in [0.3, 0.4) is 0 Å². The van der Waals surface area contributed by atoms with Gasteiger partial charge in [-0.15, -0.1) is 0 Å². The lowest BCUT2D eigenvalue weighted by atomic mass is 9.94. The number of hydrogen-bond acceptors (Lipinski definition) is 1. The zero-order valence-corrected chi connectivity index (χ0v) is 10.5. The summed E-state index contributed by atoms with van der Waals surface area (Å²) in [6.45, 7) is 8.55. The van der Waals surface area contributed by atoms with Crippen molar-refractivity contribution in [2.24, 2.45) is 11.8 Å². The highest BCUT2D eigenvalue weighted by molar-refractivity contribution is 5.11. The first kappa shape index (κ1) is 12.5. The minimum absolute atomic E-state index is 0.118. The van der Waals surface area contributed by atoms with Gasteiger partial charge < -0.3 is 5.11 Å². The van der Waals surface area contributed by atoms with E-state index in [1.54, 1.807) is 0 Å². The van der Waals surface area contributed by atoms with Crippen molar-refractivity contribution in [3.8, 4) is 0 Å². The van der Waals surface area contributed by atoms with Crippen molar-refractivity contribution >= 4 is 0 Å². The predicted molar refractivity (Wildman–Crippen MR) is 65.7 cm³/mol. The normalized spacial score (nSPS) is 31.8. The second-order valence-corrected chi connectivity index (χ2v) is 5.12. The minimum atomic E-state index is -0.118. The minimum Gasteiger partial charge on any atom is -0.392 e. The topological polar surface area (TPSA) is 20.2 Å². The second kappa shape index (κ2) is 5.50. The summed E-state index contributed by atoms with van der Waals surface area (Å²) >= 11 is 0. The first-order valence-corrected chi connectivity index (χ1v) is 6.00. The van der Waals surface area contributed by atoms with E-state index in [-0.39, 0.29) is 6.10 Å². The third-order valence-corrected chi connectivity index (χ3v) is 3.48. The zero-order valence-electron chi connectivity index (χ0n) is 10.5. The van der Waals surface area contributed by atoms with E-state index in [1.165, 1.54) is 17.6 Å².